The third kappa shape index (κ3) is 3.73. The first kappa shape index (κ1) is 15.8. The molecule has 116 valence electrons. The lowest BCUT2D eigenvalue weighted by Gasteiger charge is -2.32. The van der Waals surface area contributed by atoms with Crippen molar-refractivity contribution in [2.45, 2.75) is 44.7 Å². The van der Waals surface area contributed by atoms with Crippen LogP contribution in [0.5, 0.6) is 0 Å². The van der Waals surface area contributed by atoms with Crippen LogP contribution in [0.4, 0.5) is 10.1 Å². The predicted molar refractivity (Wildman–Crippen MR) is 82.5 cm³/mol. The fraction of sp³-hybridized carbons (Fsp3) is 0.562. The van der Waals surface area contributed by atoms with E-state index in [1.54, 1.807) is 12.1 Å². The van der Waals surface area contributed by atoms with Crippen molar-refractivity contribution in [3.63, 3.8) is 0 Å². The summed E-state index contributed by atoms with van der Waals surface area (Å²) in [5.41, 5.74) is 5.47. The molecule has 0 radical (unpaired) electrons. The standard InChI is InChI=1S/C16H24FN3O/c1-12(2)20-9-4-7-16(8-10-20,15(18)21)19-14-6-3-5-13(17)11-14/h3,5-6,11-12,19H,4,7-10H2,1-2H3,(H2,18,21). The number of anilines is 1. The number of primary amides is 1. The molecule has 0 spiro atoms. The molecule has 5 heteroatoms. The van der Waals surface area contributed by atoms with Gasteiger partial charge in [0.15, 0.2) is 0 Å². The van der Waals surface area contributed by atoms with E-state index in [1.807, 2.05) is 0 Å². The molecule has 1 aromatic carbocycles. The van der Waals surface area contributed by atoms with Gasteiger partial charge in [0.25, 0.3) is 0 Å². The van der Waals surface area contributed by atoms with Gasteiger partial charge < -0.3 is 16.0 Å². The maximum Gasteiger partial charge on any atom is 0.243 e. The van der Waals surface area contributed by atoms with E-state index < -0.39 is 5.54 Å². The predicted octanol–water partition coefficient (Wildman–Crippen LogP) is 2.36. The number of benzene rings is 1. The minimum Gasteiger partial charge on any atom is -0.371 e. The number of amides is 1. The van der Waals surface area contributed by atoms with E-state index in [0.29, 0.717) is 24.6 Å². The Morgan fingerprint density at radius 3 is 2.76 bits per heavy atom. The zero-order valence-electron chi connectivity index (χ0n) is 12.7. The first-order valence-corrected chi connectivity index (χ1v) is 7.51. The van der Waals surface area contributed by atoms with Gasteiger partial charge in [-0.25, -0.2) is 4.39 Å². The molecular weight excluding hydrogens is 269 g/mol. The van der Waals surface area contributed by atoms with Crippen LogP contribution in [0.1, 0.15) is 33.1 Å². The number of likely N-dealkylation sites (tertiary alicyclic amines) is 1. The summed E-state index contributed by atoms with van der Waals surface area (Å²) in [7, 11) is 0. The second kappa shape index (κ2) is 6.43. The Morgan fingerprint density at radius 1 is 1.38 bits per heavy atom. The van der Waals surface area contributed by atoms with E-state index >= 15 is 0 Å². The van der Waals surface area contributed by atoms with E-state index in [0.717, 1.165) is 19.5 Å². The van der Waals surface area contributed by atoms with Crippen LogP contribution in [0, 0.1) is 5.82 Å². The van der Waals surface area contributed by atoms with Crippen LogP contribution in [0.2, 0.25) is 0 Å². The van der Waals surface area contributed by atoms with Gasteiger partial charge in [-0.15, -0.1) is 0 Å². The number of nitrogens with zero attached hydrogens (tertiary/aromatic N) is 1. The Labute approximate surface area is 125 Å². The molecule has 1 atom stereocenters. The Bertz CT molecular complexity index is 506. The number of rotatable bonds is 4. The number of carbonyl (C=O) groups excluding carboxylic acids is 1. The molecule has 1 aliphatic heterocycles. The van der Waals surface area contributed by atoms with Gasteiger partial charge in [-0.1, -0.05) is 6.07 Å². The van der Waals surface area contributed by atoms with Gasteiger partial charge in [-0.2, -0.15) is 0 Å². The molecule has 2 rings (SSSR count). The van der Waals surface area contributed by atoms with Crippen molar-refractivity contribution in [2.75, 3.05) is 18.4 Å². The van der Waals surface area contributed by atoms with Gasteiger partial charge in [-0.05, 0) is 57.9 Å². The van der Waals surface area contributed by atoms with Gasteiger partial charge in [0.1, 0.15) is 11.4 Å². The van der Waals surface area contributed by atoms with Crippen LogP contribution < -0.4 is 11.1 Å². The van der Waals surface area contributed by atoms with Crippen molar-refractivity contribution >= 4 is 11.6 Å². The van der Waals surface area contributed by atoms with Crippen LogP contribution in [-0.2, 0) is 4.79 Å². The van der Waals surface area contributed by atoms with Crippen LogP contribution in [0.25, 0.3) is 0 Å². The normalized spacial score (nSPS) is 23.8. The van der Waals surface area contributed by atoms with Gasteiger partial charge in [-0.3, -0.25) is 4.79 Å². The highest BCUT2D eigenvalue weighted by Crippen LogP contribution is 2.28. The number of halogens is 1. The van der Waals surface area contributed by atoms with Crippen LogP contribution >= 0.6 is 0 Å². The Morgan fingerprint density at radius 2 is 2.14 bits per heavy atom. The third-order valence-electron chi connectivity index (χ3n) is 4.28. The summed E-state index contributed by atoms with van der Waals surface area (Å²) in [5.74, 6) is -0.686. The van der Waals surface area contributed by atoms with E-state index in [9.17, 15) is 9.18 Å². The highest BCUT2D eigenvalue weighted by Gasteiger charge is 2.38. The molecule has 1 aromatic rings. The molecule has 1 amide bonds. The number of hydrogen-bond acceptors (Lipinski definition) is 3. The molecule has 0 aromatic heterocycles. The highest BCUT2D eigenvalue weighted by molar-refractivity contribution is 5.88. The van der Waals surface area contributed by atoms with Crippen molar-refractivity contribution < 1.29 is 9.18 Å². The van der Waals surface area contributed by atoms with Gasteiger partial charge in [0.2, 0.25) is 5.91 Å². The van der Waals surface area contributed by atoms with Crippen LogP contribution in [0.15, 0.2) is 24.3 Å². The second-order valence-corrected chi connectivity index (χ2v) is 6.06. The fourth-order valence-electron chi connectivity index (χ4n) is 2.95. The molecule has 3 N–H and O–H groups in total. The van der Waals surface area contributed by atoms with Crippen molar-refractivity contribution in [2.24, 2.45) is 5.73 Å². The molecular formula is C16H24FN3O. The van der Waals surface area contributed by atoms with Crippen LogP contribution in [0.3, 0.4) is 0 Å². The molecule has 1 aliphatic rings. The number of carbonyl (C=O) groups is 1. The lowest BCUT2D eigenvalue weighted by Crippen LogP contribution is -2.51. The molecule has 1 unspecified atom stereocenters. The molecule has 0 bridgehead atoms. The van der Waals surface area contributed by atoms with Gasteiger partial charge >= 0.3 is 0 Å². The minimum atomic E-state index is -0.794. The summed E-state index contributed by atoms with van der Waals surface area (Å²) in [5, 5.41) is 3.19. The Hall–Kier alpha value is -1.62. The Kier molecular flexibility index (Phi) is 4.83. The van der Waals surface area contributed by atoms with E-state index in [4.69, 9.17) is 5.73 Å². The summed E-state index contributed by atoms with van der Waals surface area (Å²) in [6.07, 6.45) is 2.20. The average Bonchev–Trinajstić information content (AvgIpc) is 2.62. The van der Waals surface area contributed by atoms with Gasteiger partial charge in [0, 0.05) is 18.3 Å². The zero-order chi connectivity index (χ0) is 15.5. The lowest BCUT2D eigenvalue weighted by atomic mass is 9.89. The van der Waals surface area contributed by atoms with Crippen molar-refractivity contribution in [1.29, 1.82) is 0 Å². The monoisotopic (exact) mass is 293 g/mol. The third-order valence-corrected chi connectivity index (χ3v) is 4.28. The smallest absolute Gasteiger partial charge is 0.243 e. The quantitative estimate of drug-likeness (QED) is 0.896. The van der Waals surface area contributed by atoms with Gasteiger partial charge in [0.05, 0.1) is 0 Å². The molecule has 1 fully saturated rings. The lowest BCUT2D eigenvalue weighted by molar-refractivity contribution is -0.122. The summed E-state index contributed by atoms with van der Waals surface area (Å²) in [6.45, 7) is 6.06. The number of hydrogen-bond donors (Lipinski definition) is 2. The van der Waals surface area contributed by atoms with Crippen LogP contribution in [-0.4, -0.2) is 35.5 Å². The number of nitrogens with two attached hydrogens (primary N) is 1. The first-order valence-electron chi connectivity index (χ1n) is 7.51. The molecule has 0 saturated carbocycles. The van der Waals surface area contributed by atoms with Crippen molar-refractivity contribution in [3.8, 4) is 0 Å². The Balaban J connectivity index is 2.19. The summed E-state index contributed by atoms with van der Waals surface area (Å²) in [6, 6.07) is 6.62. The highest BCUT2D eigenvalue weighted by atomic mass is 19.1. The molecule has 4 nitrogen and oxygen atoms in total. The number of nitrogens with one attached hydrogen (secondary N) is 1. The fourth-order valence-corrected chi connectivity index (χ4v) is 2.95. The van der Waals surface area contributed by atoms with E-state index in [2.05, 4.69) is 24.1 Å². The van der Waals surface area contributed by atoms with Crippen molar-refractivity contribution in [3.05, 3.63) is 30.1 Å². The average molecular weight is 293 g/mol. The van der Waals surface area contributed by atoms with E-state index in [-0.39, 0.29) is 11.7 Å². The van der Waals surface area contributed by atoms with E-state index in [1.165, 1.54) is 12.1 Å². The topological polar surface area (TPSA) is 58.4 Å². The molecule has 1 saturated heterocycles. The molecule has 0 aliphatic carbocycles. The SMILES string of the molecule is CC(C)N1CCCC(Nc2cccc(F)c2)(C(N)=O)CC1. The zero-order valence-corrected chi connectivity index (χ0v) is 12.7. The first-order chi connectivity index (χ1) is 9.93. The largest absolute Gasteiger partial charge is 0.371 e. The maximum absolute atomic E-state index is 13.3. The molecule has 21 heavy (non-hydrogen) atoms. The maximum atomic E-state index is 13.3. The summed E-state index contributed by atoms with van der Waals surface area (Å²) < 4.78 is 13.3. The second-order valence-electron chi connectivity index (χ2n) is 6.06. The minimum absolute atomic E-state index is 0.322. The summed E-state index contributed by atoms with van der Waals surface area (Å²) in [4.78, 5) is 14.4. The summed E-state index contributed by atoms with van der Waals surface area (Å²) >= 11 is 0. The molecule has 1 heterocycles. The van der Waals surface area contributed by atoms with Crippen molar-refractivity contribution in [1.82, 2.24) is 4.90 Å².